The Balaban J connectivity index is 1.89. The van der Waals surface area contributed by atoms with E-state index >= 15 is 0 Å². The largest absolute Gasteiger partial charge is 0.396 e. The van der Waals surface area contributed by atoms with Crippen LogP contribution >= 0.6 is 23.2 Å². The summed E-state index contributed by atoms with van der Waals surface area (Å²) in [7, 11) is 0. The Hall–Kier alpha value is -1.56. The van der Waals surface area contributed by atoms with Crippen molar-refractivity contribution in [3.05, 3.63) is 50.9 Å². The highest BCUT2D eigenvalue weighted by Crippen LogP contribution is 2.27. The topological polar surface area (TPSA) is 58.4 Å². The number of aliphatic hydroxyl groups excluding tert-OH is 1. The Kier molecular flexibility index (Phi) is 4.90. The summed E-state index contributed by atoms with van der Waals surface area (Å²) in [6, 6.07) is 6.85. The van der Waals surface area contributed by atoms with E-state index in [1.807, 2.05) is 0 Å². The lowest BCUT2D eigenvalue weighted by Crippen LogP contribution is -2.36. The van der Waals surface area contributed by atoms with Crippen LogP contribution in [-0.2, 0) is 0 Å². The quantitative estimate of drug-likeness (QED) is 0.921. The third-order valence-electron chi connectivity index (χ3n) is 4.19. The van der Waals surface area contributed by atoms with Crippen molar-refractivity contribution in [1.29, 1.82) is 0 Å². The Morgan fingerprint density at radius 3 is 2.43 bits per heavy atom. The smallest absolute Gasteiger partial charge is 0.292 e. The van der Waals surface area contributed by atoms with E-state index in [0.717, 1.165) is 25.9 Å². The molecule has 1 aliphatic heterocycles. The maximum absolute atomic E-state index is 12.5. The zero-order valence-corrected chi connectivity index (χ0v) is 14.0. The van der Waals surface area contributed by atoms with Gasteiger partial charge in [0.25, 0.3) is 5.56 Å². The number of anilines is 1. The number of benzene rings is 1. The highest BCUT2D eigenvalue weighted by atomic mass is 35.5. The first kappa shape index (κ1) is 16.3. The summed E-state index contributed by atoms with van der Waals surface area (Å²) >= 11 is 12.2. The van der Waals surface area contributed by atoms with Crippen LogP contribution in [0.5, 0.6) is 0 Å². The van der Waals surface area contributed by atoms with Crippen molar-refractivity contribution in [2.45, 2.75) is 12.8 Å². The molecule has 3 rings (SSSR count). The molecule has 1 saturated heterocycles. The van der Waals surface area contributed by atoms with Crippen LogP contribution in [0.2, 0.25) is 10.0 Å². The summed E-state index contributed by atoms with van der Waals surface area (Å²) in [5.74, 6) is 0.326. The van der Waals surface area contributed by atoms with E-state index in [4.69, 9.17) is 23.2 Å². The fraction of sp³-hybridized carbons (Fsp3) is 0.375. The number of piperidine rings is 1. The van der Waals surface area contributed by atoms with Crippen LogP contribution in [-0.4, -0.2) is 34.6 Å². The van der Waals surface area contributed by atoms with Gasteiger partial charge < -0.3 is 10.0 Å². The van der Waals surface area contributed by atoms with Gasteiger partial charge in [-0.25, -0.2) is 0 Å². The Morgan fingerprint density at radius 1 is 1.17 bits per heavy atom. The maximum Gasteiger partial charge on any atom is 0.292 e. The molecule has 0 radical (unpaired) electrons. The number of nitrogens with zero attached hydrogens (tertiary/aromatic N) is 3. The summed E-state index contributed by atoms with van der Waals surface area (Å²) in [6.07, 6.45) is 3.39. The number of aliphatic hydroxyl groups is 1. The maximum atomic E-state index is 12.5. The van der Waals surface area contributed by atoms with E-state index in [2.05, 4.69) is 10.00 Å². The molecule has 23 heavy (non-hydrogen) atoms. The van der Waals surface area contributed by atoms with Gasteiger partial charge in [-0.15, -0.1) is 0 Å². The summed E-state index contributed by atoms with van der Waals surface area (Å²) in [4.78, 5) is 14.6. The predicted molar refractivity (Wildman–Crippen MR) is 91.9 cm³/mol. The summed E-state index contributed by atoms with van der Waals surface area (Å²) < 4.78 is 1.27. The zero-order chi connectivity index (χ0) is 16.4. The van der Waals surface area contributed by atoms with Gasteiger partial charge in [-0.05, 0) is 43.0 Å². The normalized spacial score (nSPS) is 15.9. The third-order valence-corrected chi connectivity index (χ3v) is 4.79. The molecule has 122 valence electrons. The second-order valence-corrected chi connectivity index (χ2v) is 6.46. The van der Waals surface area contributed by atoms with Crippen LogP contribution in [0.15, 0.2) is 35.3 Å². The average Bonchev–Trinajstić information content (AvgIpc) is 2.58. The lowest BCUT2D eigenvalue weighted by molar-refractivity contribution is 0.203. The summed E-state index contributed by atoms with van der Waals surface area (Å²) in [5.41, 5.74) is 0.917. The lowest BCUT2D eigenvalue weighted by atomic mass is 9.98. The van der Waals surface area contributed by atoms with Crippen molar-refractivity contribution in [1.82, 2.24) is 9.78 Å². The van der Waals surface area contributed by atoms with Crippen LogP contribution in [0.3, 0.4) is 0 Å². The van der Waals surface area contributed by atoms with Crippen LogP contribution in [0.1, 0.15) is 12.8 Å². The van der Waals surface area contributed by atoms with E-state index in [-0.39, 0.29) is 17.2 Å². The molecule has 1 aromatic heterocycles. The number of hydrogen-bond donors (Lipinski definition) is 1. The predicted octanol–water partition coefficient (Wildman–Crippen LogP) is 2.75. The minimum Gasteiger partial charge on any atom is -0.396 e. The molecule has 0 spiro atoms. The standard InChI is InChI=1S/C16H17Cl2N3O2/c17-12-1-3-13(4-2-12)21-16(23)15(18)14(9-19-21)20-7-5-11(10-22)6-8-20/h1-4,9,11,22H,5-8,10H2. The van der Waals surface area contributed by atoms with Gasteiger partial charge in [-0.1, -0.05) is 23.2 Å². The molecular weight excluding hydrogens is 337 g/mol. The van der Waals surface area contributed by atoms with Gasteiger partial charge in [0.05, 0.1) is 17.6 Å². The number of aromatic nitrogens is 2. The summed E-state index contributed by atoms with van der Waals surface area (Å²) in [5, 5.41) is 14.2. The van der Waals surface area contributed by atoms with Gasteiger partial charge in [0.15, 0.2) is 0 Å². The lowest BCUT2D eigenvalue weighted by Gasteiger charge is -2.33. The van der Waals surface area contributed by atoms with Gasteiger partial charge in [0.1, 0.15) is 5.02 Å². The highest BCUT2D eigenvalue weighted by molar-refractivity contribution is 6.33. The molecule has 2 heterocycles. The van der Waals surface area contributed by atoms with E-state index in [1.54, 1.807) is 30.5 Å². The Bertz CT molecular complexity index is 738. The minimum atomic E-state index is -0.351. The zero-order valence-electron chi connectivity index (χ0n) is 12.5. The van der Waals surface area contributed by atoms with Crippen molar-refractivity contribution in [3.8, 4) is 5.69 Å². The van der Waals surface area contributed by atoms with E-state index in [1.165, 1.54) is 4.68 Å². The molecule has 0 bridgehead atoms. The molecule has 5 nitrogen and oxygen atoms in total. The average molecular weight is 354 g/mol. The van der Waals surface area contributed by atoms with Crippen molar-refractivity contribution in [3.63, 3.8) is 0 Å². The Labute approximate surface area is 144 Å². The van der Waals surface area contributed by atoms with Gasteiger partial charge in [-0.2, -0.15) is 9.78 Å². The molecule has 2 aromatic rings. The van der Waals surface area contributed by atoms with Crippen molar-refractivity contribution >= 4 is 28.9 Å². The third kappa shape index (κ3) is 3.37. The molecule has 1 aromatic carbocycles. The monoisotopic (exact) mass is 353 g/mol. The molecule has 1 fully saturated rings. The molecule has 7 heteroatoms. The number of rotatable bonds is 3. The number of halogens is 2. The fourth-order valence-corrected chi connectivity index (χ4v) is 3.14. The number of hydrogen-bond acceptors (Lipinski definition) is 4. The molecule has 1 N–H and O–H groups in total. The van der Waals surface area contributed by atoms with Crippen molar-refractivity contribution in [2.24, 2.45) is 5.92 Å². The fourth-order valence-electron chi connectivity index (χ4n) is 2.77. The molecule has 0 unspecified atom stereocenters. The van der Waals surface area contributed by atoms with E-state index < -0.39 is 0 Å². The van der Waals surface area contributed by atoms with Gasteiger partial charge >= 0.3 is 0 Å². The first-order chi connectivity index (χ1) is 11.1. The molecule has 0 atom stereocenters. The van der Waals surface area contributed by atoms with Crippen molar-refractivity contribution in [2.75, 3.05) is 24.6 Å². The van der Waals surface area contributed by atoms with Gasteiger partial charge in [0, 0.05) is 24.7 Å². The van der Waals surface area contributed by atoms with Gasteiger partial charge in [0.2, 0.25) is 0 Å². The van der Waals surface area contributed by atoms with Crippen molar-refractivity contribution < 1.29 is 5.11 Å². The molecule has 0 saturated carbocycles. The first-order valence-corrected chi connectivity index (χ1v) is 8.25. The van der Waals surface area contributed by atoms with Gasteiger partial charge in [-0.3, -0.25) is 4.79 Å². The Morgan fingerprint density at radius 2 is 1.83 bits per heavy atom. The van der Waals surface area contributed by atoms with Crippen LogP contribution in [0.4, 0.5) is 5.69 Å². The molecular formula is C16H17Cl2N3O2. The van der Waals surface area contributed by atoms with Crippen LogP contribution in [0.25, 0.3) is 5.69 Å². The second-order valence-electron chi connectivity index (χ2n) is 5.65. The molecule has 1 aliphatic rings. The molecule has 0 aliphatic carbocycles. The minimum absolute atomic E-state index is 0.164. The van der Waals surface area contributed by atoms with Crippen LogP contribution < -0.4 is 10.5 Å². The summed E-state index contributed by atoms with van der Waals surface area (Å²) in [6.45, 7) is 1.73. The first-order valence-electron chi connectivity index (χ1n) is 7.49. The second kappa shape index (κ2) is 6.91. The van der Waals surface area contributed by atoms with E-state index in [0.29, 0.717) is 22.3 Å². The highest BCUT2D eigenvalue weighted by Gasteiger charge is 2.22. The molecule has 0 amide bonds. The SMILES string of the molecule is O=c1c(Cl)c(N2CCC(CO)CC2)cnn1-c1ccc(Cl)cc1. The van der Waals surface area contributed by atoms with Crippen LogP contribution in [0, 0.1) is 5.92 Å². The van der Waals surface area contributed by atoms with E-state index in [9.17, 15) is 9.90 Å².